The van der Waals surface area contributed by atoms with Crippen LogP contribution in [-0.2, 0) is 71.0 Å². The lowest BCUT2D eigenvalue weighted by Crippen LogP contribution is -2.50. The summed E-state index contributed by atoms with van der Waals surface area (Å²) in [6, 6.07) is 31.9. The fourth-order valence-electron chi connectivity index (χ4n) is 16.2. The second-order valence-corrected chi connectivity index (χ2v) is 32.4. The number of ether oxygens (including phenoxy) is 2. The second-order valence-electron chi connectivity index (χ2n) is 32.4. The standard InChI is InChI=1S/2C24H29FN6O2.C24H28FN5O.C23H27FN6O/c1-5-19-12-21(18-10-16(2)23(25)17(3)11-18)28-31(19)15-22(32)29-6-8-30(9-7-29)24-26-13-20(33-4)14-27-24;1-5-19-12-20(18-10-16(2)24(25)17(3)11-18)28-31(19)14-23(32)30-8-6-29(7-9-30)21-13-22(33-4)27-15-26-21;1-4-20-15-21(19-13-17(2)24(25)18(3)14-19)27-30(20)16-23(31)29-11-9-28(10-12-29)22-7-5-6-8-26-22;1-4-19-14-20(18-12-16(2)22(24)17(3)13-18)27-30(19)15-21(31)28-8-10-29(11-9-28)23-25-6-5-7-26-23/h10-14H,5-9,15H2,1-4H3;10-13,15H,5-9,14H2,1-4H3;5-8,13-15H,4,9-12,16H2,1-3H3;5-7,12-14H,4,8-11,15H2,1-3H3. The Balaban J connectivity index is 0.000000146. The Morgan fingerprint density at radius 3 is 0.891 bits per heavy atom. The number of hydrogen-bond donors (Lipinski definition) is 0. The van der Waals surface area contributed by atoms with Crippen LogP contribution < -0.4 is 29.1 Å². The molecule has 0 bridgehead atoms. The van der Waals surface area contributed by atoms with Crippen molar-refractivity contribution in [1.82, 2.24) is 93.6 Å². The zero-order chi connectivity index (χ0) is 91.0. The Morgan fingerprint density at radius 1 is 0.320 bits per heavy atom. The molecule has 0 aliphatic carbocycles. The number of halogens is 4. The molecule has 29 nitrogen and oxygen atoms in total. The molecule has 12 aromatic rings. The van der Waals surface area contributed by atoms with Crippen LogP contribution in [-0.4, -0.2) is 236 Å². The lowest BCUT2D eigenvalue weighted by Gasteiger charge is -2.35. The molecule has 0 radical (unpaired) electrons. The summed E-state index contributed by atoms with van der Waals surface area (Å²) in [7, 11) is 3.16. The number of amides is 4. The van der Waals surface area contributed by atoms with Crippen molar-refractivity contribution in [1.29, 1.82) is 0 Å². The van der Waals surface area contributed by atoms with Gasteiger partial charge in [-0.15, -0.1) is 0 Å². The number of aryl methyl sites for hydroxylation is 12. The average molecular weight is 1750 g/mol. The van der Waals surface area contributed by atoms with E-state index < -0.39 is 0 Å². The van der Waals surface area contributed by atoms with Gasteiger partial charge in [0.1, 0.15) is 67.4 Å². The minimum Gasteiger partial charge on any atom is -0.494 e. The first-order chi connectivity index (χ1) is 61.7. The van der Waals surface area contributed by atoms with Gasteiger partial charge in [0.05, 0.1) is 49.4 Å². The molecule has 4 fully saturated rings. The molecular weight excluding hydrogens is 1640 g/mol. The average Bonchev–Trinajstić information content (AvgIpc) is 1.66. The van der Waals surface area contributed by atoms with Crippen LogP contribution in [0.5, 0.6) is 11.6 Å². The summed E-state index contributed by atoms with van der Waals surface area (Å²) in [4.78, 5) is 97.9. The molecule has 4 aromatic carbocycles. The Morgan fingerprint density at radius 2 is 0.609 bits per heavy atom. The van der Waals surface area contributed by atoms with Crippen LogP contribution in [0.3, 0.4) is 0 Å². The van der Waals surface area contributed by atoms with Crippen LogP contribution in [0.15, 0.2) is 140 Å². The monoisotopic (exact) mass is 1750 g/mol. The van der Waals surface area contributed by atoms with Crippen molar-refractivity contribution >= 4 is 47.2 Å². The number of carbonyl (C=O) groups excluding carboxylic acids is 4. The SMILES string of the molecule is CCc1cc(-c2cc(C)c(F)c(C)c2)nn1CC(=O)N1CCN(c2cc(OC)ncn2)CC1.CCc1cc(-c2cc(C)c(F)c(C)c2)nn1CC(=O)N1CCN(c2ccccn2)CC1.CCc1cc(-c2cc(C)c(F)c(C)c2)nn1CC(=O)N1CCN(c2ncc(OC)cn2)CC1.CCc1cc(-c2cc(C)c(F)c(C)c2)nn1CC(=O)N1CCN(c2ncccn2)CC1. The van der Waals surface area contributed by atoms with Crippen LogP contribution in [0.2, 0.25) is 0 Å². The number of piperazine rings is 4. The van der Waals surface area contributed by atoms with Gasteiger partial charge in [0.25, 0.3) is 0 Å². The van der Waals surface area contributed by atoms with Crippen molar-refractivity contribution in [3.8, 4) is 56.7 Å². The highest BCUT2D eigenvalue weighted by Gasteiger charge is 2.30. The quantitative estimate of drug-likeness (QED) is 0.0570. The Labute approximate surface area is 744 Å². The van der Waals surface area contributed by atoms with Gasteiger partial charge in [0.15, 0.2) is 5.75 Å². The van der Waals surface area contributed by atoms with Crippen LogP contribution in [0.25, 0.3) is 45.0 Å². The molecule has 0 N–H and O–H groups in total. The third kappa shape index (κ3) is 22.3. The van der Waals surface area contributed by atoms with Crippen molar-refractivity contribution in [3.05, 3.63) is 231 Å². The molecule has 4 amide bonds. The predicted octanol–water partition coefficient (Wildman–Crippen LogP) is 12.7. The predicted molar refractivity (Wildman–Crippen MR) is 485 cm³/mol. The molecule has 16 rings (SSSR count). The highest BCUT2D eigenvalue weighted by molar-refractivity contribution is 5.79. The minimum absolute atomic E-state index is 0.0288. The number of carbonyl (C=O) groups is 4. The van der Waals surface area contributed by atoms with E-state index in [1.54, 1.807) is 168 Å². The zero-order valence-electron chi connectivity index (χ0n) is 75.5. The number of methoxy groups -OCH3 is 2. The molecule has 4 aliphatic rings. The van der Waals surface area contributed by atoms with Gasteiger partial charge < -0.3 is 48.7 Å². The number of anilines is 4. The molecule has 12 heterocycles. The molecule has 33 heteroatoms. The molecule has 0 spiro atoms. The van der Waals surface area contributed by atoms with Crippen LogP contribution in [0, 0.1) is 78.7 Å². The summed E-state index contributed by atoms with van der Waals surface area (Å²) in [6.07, 6.45) is 13.1. The van der Waals surface area contributed by atoms with Gasteiger partial charge in [-0.05, 0) is 217 Å². The fraction of sp³-hybridized carbons (Fsp3) is 0.400. The first-order valence-corrected chi connectivity index (χ1v) is 43.6. The lowest BCUT2D eigenvalue weighted by atomic mass is 10.0. The van der Waals surface area contributed by atoms with Gasteiger partial charge in [-0.2, -0.15) is 20.4 Å². The minimum atomic E-state index is -0.191. The number of hydrogen-bond acceptors (Lipinski definition) is 21. The van der Waals surface area contributed by atoms with Gasteiger partial charge >= 0.3 is 0 Å². The maximum atomic E-state index is 14.0. The maximum Gasteiger partial charge on any atom is 0.244 e. The number of aromatic nitrogens is 15. The van der Waals surface area contributed by atoms with Gasteiger partial charge in [-0.3, -0.25) is 37.9 Å². The highest BCUT2D eigenvalue weighted by Crippen LogP contribution is 2.31. The zero-order valence-corrected chi connectivity index (χ0v) is 75.5. The Bertz CT molecular complexity index is 5590. The van der Waals surface area contributed by atoms with Gasteiger partial charge in [-0.1, -0.05) is 33.8 Å². The van der Waals surface area contributed by atoms with E-state index in [0.717, 1.165) is 118 Å². The molecule has 672 valence electrons. The van der Waals surface area contributed by atoms with Crippen molar-refractivity contribution in [3.63, 3.8) is 0 Å². The first kappa shape index (κ1) is 92.2. The van der Waals surface area contributed by atoms with Crippen LogP contribution >= 0.6 is 0 Å². The molecule has 8 aromatic heterocycles. The number of rotatable bonds is 22. The number of benzene rings is 4. The molecule has 4 saturated heterocycles. The normalized spacial score (nSPS) is 14.1. The second kappa shape index (κ2) is 42.2. The van der Waals surface area contributed by atoms with E-state index in [-0.39, 0.29) is 73.1 Å². The van der Waals surface area contributed by atoms with E-state index >= 15 is 0 Å². The van der Waals surface area contributed by atoms with E-state index in [9.17, 15) is 36.7 Å². The van der Waals surface area contributed by atoms with Gasteiger partial charge in [0.2, 0.25) is 41.4 Å². The van der Waals surface area contributed by atoms with Gasteiger partial charge in [0, 0.05) is 174 Å². The van der Waals surface area contributed by atoms with Gasteiger partial charge in [-0.25, -0.2) is 52.4 Å². The van der Waals surface area contributed by atoms with Crippen LogP contribution in [0.1, 0.15) is 95.0 Å². The summed E-state index contributed by atoms with van der Waals surface area (Å²) in [6.45, 7) is 33.6. The van der Waals surface area contributed by atoms with Crippen LogP contribution in [0.4, 0.5) is 41.1 Å². The van der Waals surface area contributed by atoms with E-state index in [4.69, 9.17) is 9.47 Å². The summed E-state index contributed by atoms with van der Waals surface area (Å²) in [5.41, 5.74) is 15.2. The largest absolute Gasteiger partial charge is 0.494 e. The summed E-state index contributed by atoms with van der Waals surface area (Å²) < 4.78 is 73.5. The van der Waals surface area contributed by atoms with E-state index in [0.29, 0.717) is 160 Å². The van der Waals surface area contributed by atoms with Crippen molar-refractivity contribution in [2.75, 3.05) is 139 Å². The van der Waals surface area contributed by atoms with E-state index in [1.165, 1.54) is 6.33 Å². The summed E-state index contributed by atoms with van der Waals surface area (Å²) in [5, 5.41) is 18.7. The Hall–Kier alpha value is -13.5. The third-order valence-electron chi connectivity index (χ3n) is 23.6. The van der Waals surface area contributed by atoms with Crippen molar-refractivity contribution in [2.24, 2.45) is 0 Å². The molecular formula is C95H113F4N23O6. The molecule has 4 aliphatic heterocycles. The molecule has 0 saturated carbocycles. The van der Waals surface area contributed by atoms with Crippen molar-refractivity contribution in [2.45, 2.75) is 135 Å². The lowest BCUT2D eigenvalue weighted by molar-refractivity contribution is -0.133. The number of nitrogens with zero attached hydrogens (tertiary/aromatic N) is 23. The topological polar surface area (TPSA) is 274 Å². The fourth-order valence-corrected chi connectivity index (χ4v) is 16.2. The number of pyridine rings is 1. The maximum absolute atomic E-state index is 14.0. The summed E-state index contributed by atoms with van der Waals surface area (Å²) in [5.74, 6) is 3.64. The van der Waals surface area contributed by atoms with E-state index in [2.05, 4.69) is 81.8 Å². The smallest absolute Gasteiger partial charge is 0.244 e. The molecule has 0 atom stereocenters. The van der Waals surface area contributed by atoms with E-state index in [1.807, 2.05) is 95.0 Å². The summed E-state index contributed by atoms with van der Waals surface area (Å²) >= 11 is 0. The molecule has 128 heavy (non-hydrogen) atoms. The Kier molecular flexibility index (Phi) is 30.4. The highest BCUT2D eigenvalue weighted by atomic mass is 19.1. The third-order valence-corrected chi connectivity index (χ3v) is 23.6. The molecule has 0 unspecified atom stereocenters. The van der Waals surface area contributed by atoms with Crippen molar-refractivity contribution < 1.29 is 46.2 Å². The first-order valence-electron chi connectivity index (χ1n) is 43.6.